The first-order chi connectivity index (χ1) is 9.32. The minimum Gasteiger partial charge on any atom is -0.481 e. The molecule has 0 unspecified atom stereocenters. The Labute approximate surface area is 128 Å². The third kappa shape index (κ3) is 4.44. The maximum Gasteiger partial charge on any atom is 0.303 e. The molecule has 1 aromatic rings. The average Bonchev–Trinajstić information content (AvgIpc) is 2.37. The molecule has 0 aliphatic carbocycles. The molecule has 0 heterocycles. The number of nitro groups is 1. The van der Waals surface area contributed by atoms with Crippen molar-refractivity contribution >= 4 is 40.2 Å². The molecule has 1 rings (SSSR count). The third-order valence-electron chi connectivity index (χ3n) is 2.62. The van der Waals surface area contributed by atoms with Gasteiger partial charge in [-0.2, -0.15) is 0 Å². The number of rotatable bonds is 6. The van der Waals surface area contributed by atoms with Crippen LogP contribution in [0, 0.1) is 13.7 Å². The number of aliphatic carboxylic acids is 1. The second-order valence-electron chi connectivity index (χ2n) is 4.15. The van der Waals surface area contributed by atoms with Gasteiger partial charge in [0.15, 0.2) is 0 Å². The van der Waals surface area contributed by atoms with Crippen molar-refractivity contribution in [3.63, 3.8) is 0 Å². The molecule has 1 amide bonds. The number of nitrogens with zero attached hydrogens (tertiary/aromatic N) is 2. The molecule has 0 fully saturated rings. The van der Waals surface area contributed by atoms with Gasteiger partial charge in [0.25, 0.3) is 11.6 Å². The van der Waals surface area contributed by atoms with Crippen LogP contribution in [-0.4, -0.2) is 40.4 Å². The van der Waals surface area contributed by atoms with Crippen LogP contribution in [0.2, 0.25) is 0 Å². The number of amides is 1. The molecule has 20 heavy (non-hydrogen) atoms. The largest absolute Gasteiger partial charge is 0.481 e. The normalized spacial score (nSPS) is 10.1. The number of carbonyl (C=O) groups excluding carboxylic acids is 1. The minimum atomic E-state index is -0.921. The van der Waals surface area contributed by atoms with Crippen molar-refractivity contribution in [1.29, 1.82) is 0 Å². The lowest BCUT2D eigenvalue weighted by Gasteiger charge is -2.17. The molecule has 0 atom stereocenters. The molecule has 0 saturated heterocycles. The molecule has 0 aliphatic rings. The minimum absolute atomic E-state index is 0.0242. The summed E-state index contributed by atoms with van der Waals surface area (Å²) in [5.41, 5.74) is 0.102. The summed E-state index contributed by atoms with van der Waals surface area (Å²) in [4.78, 5) is 34.1. The Hall–Kier alpha value is -1.71. The van der Waals surface area contributed by atoms with Crippen LogP contribution in [0.4, 0.5) is 5.69 Å². The van der Waals surface area contributed by atoms with Gasteiger partial charge in [-0.25, -0.2) is 0 Å². The van der Waals surface area contributed by atoms with Crippen molar-refractivity contribution in [2.45, 2.75) is 12.8 Å². The van der Waals surface area contributed by atoms with Gasteiger partial charge in [-0.1, -0.05) is 0 Å². The van der Waals surface area contributed by atoms with E-state index in [1.54, 1.807) is 7.05 Å². The summed E-state index contributed by atoms with van der Waals surface area (Å²) in [6, 6.07) is 4.08. The summed E-state index contributed by atoms with van der Waals surface area (Å²) < 4.78 is 0.614. The fraction of sp³-hybridized carbons (Fsp3) is 0.333. The Kier molecular flexibility index (Phi) is 5.86. The summed E-state index contributed by atoms with van der Waals surface area (Å²) in [6.07, 6.45) is 0.312. The third-order valence-corrected chi connectivity index (χ3v) is 3.56. The van der Waals surface area contributed by atoms with Gasteiger partial charge in [0.05, 0.1) is 10.5 Å². The number of hydrogen-bond donors (Lipinski definition) is 1. The van der Waals surface area contributed by atoms with E-state index in [-0.39, 0.29) is 30.1 Å². The van der Waals surface area contributed by atoms with Gasteiger partial charge in [-0.15, -0.1) is 0 Å². The van der Waals surface area contributed by atoms with E-state index >= 15 is 0 Å². The predicted molar refractivity (Wildman–Crippen MR) is 79.6 cm³/mol. The lowest BCUT2D eigenvalue weighted by molar-refractivity contribution is -0.384. The first kappa shape index (κ1) is 16.3. The Morgan fingerprint density at radius 2 is 2.10 bits per heavy atom. The van der Waals surface area contributed by atoms with Crippen molar-refractivity contribution < 1.29 is 19.6 Å². The number of halogens is 1. The summed E-state index contributed by atoms with van der Waals surface area (Å²) in [6.45, 7) is 0.282. The maximum absolute atomic E-state index is 12.2. The molecule has 8 heteroatoms. The highest BCUT2D eigenvalue weighted by Crippen LogP contribution is 2.20. The summed E-state index contributed by atoms with van der Waals surface area (Å²) >= 11 is 1.93. The molecule has 0 spiro atoms. The van der Waals surface area contributed by atoms with Crippen LogP contribution in [-0.2, 0) is 4.79 Å². The Morgan fingerprint density at radius 3 is 2.65 bits per heavy atom. The van der Waals surface area contributed by atoms with Crippen molar-refractivity contribution in [3.8, 4) is 0 Å². The van der Waals surface area contributed by atoms with Crippen LogP contribution in [0.15, 0.2) is 18.2 Å². The van der Waals surface area contributed by atoms with Gasteiger partial charge in [0.1, 0.15) is 0 Å². The molecule has 7 nitrogen and oxygen atoms in total. The van der Waals surface area contributed by atoms with Crippen molar-refractivity contribution in [1.82, 2.24) is 4.90 Å². The molecule has 0 saturated carbocycles. The van der Waals surface area contributed by atoms with Crippen molar-refractivity contribution in [2.75, 3.05) is 13.6 Å². The Morgan fingerprint density at radius 1 is 1.45 bits per heavy atom. The monoisotopic (exact) mass is 392 g/mol. The number of nitro benzene ring substituents is 1. The van der Waals surface area contributed by atoms with Crippen LogP contribution in [0.5, 0.6) is 0 Å². The van der Waals surface area contributed by atoms with Gasteiger partial charge in [0.2, 0.25) is 0 Å². The van der Waals surface area contributed by atoms with E-state index in [4.69, 9.17) is 5.11 Å². The molecular formula is C12H13IN2O5. The molecule has 108 valence electrons. The SMILES string of the molecule is CN(CCCC(=O)O)C(=O)c1cc([N+](=O)[O-])ccc1I. The zero-order chi connectivity index (χ0) is 15.3. The summed E-state index contributed by atoms with van der Waals surface area (Å²) in [7, 11) is 1.54. The molecule has 0 bridgehead atoms. The fourth-order valence-electron chi connectivity index (χ4n) is 1.57. The topological polar surface area (TPSA) is 101 Å². The van der Waals surface area contributed by atoms with Gasteiger partial charge in [-0.05, 0) is 35.1 Å². The zero-order valence-corrected chi connectivity index (χ0v) is 12.9. The molecule has 1 N–H and O–H groups in total. The highest BCUT2D eigenvalue weighted by atomic mass is 127. The molecule has 0 radical (unpaired) electrons. The van der Waals surface area contributed by atoms with Crippen LogP contribution in [0.3, 0.4) is 0 Å². The molecular weight excluding hydrogens is 379 g/mol. The zero-order valence-electron chi connectivity index (χ0n) is 10.7. The Balaban J connectivity index is 2.82. The van der Waals surface area contributed by atoms with Crippen molar-refractivity contribution in [2.24, 2.45) is 0 Å². The first-order valence-electron chi connectivity index (χ1n) is 5.74. The van der Waals surface area contributed by atoms with E-state index in [0.29, 0.717) is 9.99 Å². The van der Waals surface area contributed by atoms with Crippen molar-refractivity contribution in [3.05, 3.63) is 37.4 Å². The second-order valence-corrected chi connectivity index (χ2v) is 5.31. The van der Waals surface area contributed by atoms with E-state index in [0.717, 1.165) is 0 Å². The van der Waals surface area contributed by atoms with E-state index in [1.807, 2.05) is 22.6 Å². The Bertz CT molecular complexity index is 547. The average molecular weight is 392 g/mol. The summed E-state index contributed by atoms with van der Waals surface area (Å²) in [5, 5.41) is 19.3. The maximum atomic E-state index is 12.2. The molecule has 0 aromatic heterocycles. The lowest BCUT2D eigenvalue weighted by atomic mass is 10.1. The van der Waals surface area contributed by atoms with E-state index in [9.17, 15) is 19.7 Å². The van der Waals surface area contributed by atoms with E-state index in [1.165, 1.54) is 23.1 Å². The molecule has 1 aromatic carbocycles. The predicted octanol–water partition coefficient (Wildman–Crippen LogP) is 2.14. The number of hydrogen-bond acceptors (Lipinski definition) is 4. The molecule has 0 aliphatic heterocycles. The van der Waals surface area contributed by atoms with Crippen LogP contribution in [0.1, 0.15) is 23.2 Å². The summed E-state index contributed by atoms with van der Waals surface area (Å²) in [5.74, 6) is -1.28. The number of carbonyl (C=O) groups is 2. The van der Waals surface area contributed by atoms with Gasteiger partial charge in [0, 0.05) is 35.7 Å². The number of non-ortho nitro benzene ring substituents is 1. The van der Waals surface area contributed by atoms with Crippen LogP contribution in [0.25, 0.3) is 0 Å². The highest BCUT2D eigenvalue weighted by Gasteiger charge is 2.18. The standard InChI is InChI=1S/C12H13IN2O5/c1-14(6-2-3-11(16)17)12(18)9-7-8(15(19)20)4-5-10(9)13/h4-5,7H,2-3,6H2,1H3,(H,16,17). The number of benzene rings is 1. The van der Waals surface area contributed by atoms with E-state index < -0.39 is 10.9 Å². The van der Waals surface area contributed by atoms with Gasteiger partial charge in [-0.3, -0.25) is 19.7 Å². The fourth-order valence-corrected chi connectivity index (χ4v) is 2.13. The smallest absolute Gasteiger partial charge is 0.303 e. The van der Waals surface area contributed by atoms with E-state index in [2.05, 4.69) is 0 Å². The van der Waals surface area contributed by atoms with Gasteiger partial charge < -0.3 is 10.0 Å². The lowest BCUT2D eigenvalue weighted by Crippen LogP contribution is -2.28. The first-order valence-corrected chi connectivity index (χ1v) is 6.82. The van der Waals surface area contributed by atoms with Gasteiger partial charge >= 0.3 is 5.97 Å². The second kappa shape index (κ2) is 7.17. The highest BCUT2D eigenvalue weighted by molar-refractivity contribution is 14.1. The number of carboxylic acids is 1. The van der Waals surface area contributed by atoms with Crippen LogP contribution >= 0.6 is 22.6 Å². The quantitative estimate of drug-likeness (QED) is 0.454. The van der Waals surface area contributed by atoms with Crippen LogP contribution < -0.4 is 0 Å². The number of carboxylic acid groups (broad SMARTS) is 1.